The number of hydrogen-bond donors (Lipinski definition) is 2. The van der Waals surface area contributed by atoms with Gasteiger partial charge in [0.25, 0.3) is 0 Å². The molecule has 0 rings (SSSR count). The fraction of sp³-hybridized carbons (Fsp3) is 0.923. The first-order chi connectivity index (χ1) is 8.02. The Bertz CT molecular complexity index is 224. The van der Waals surface area contributed by atoms with E-state index in [1.807, 2.05) is 13.8 Å². The minimum atomic E-state index is -0.370. The number of aliphatic hydroxyl groups excluding tert-OH is 1. The third kappa shape index (κ3) is 10.3. The van der Waals surface area contributed by atoms with E-state index in [0.29, 0.717) is 6.61 Å². The highest BCUT2D eigenvalue weighted by Crippen LogP contribution is 2.21. The molecule has 0 fully saturated rings. The summed E-state index contributed by atoms with van der Waals surface area (Å²) >= 11 is 0. The van der Waals surface area contributed by atoms with Crippen molar-refractivity contribution >= 4 is 0 Å². The van der Waals surface area contributed by atoms with E-state index in [2.05, 4.69) is 11.4 Å². The largest absolute Gasteiger partial charge is 0.391 e. The predicted molar refractivity (Wildman–Crippen MR) is 68.6 cm³/mol. The monoisotopic (exact) mass is 242 g/mol. The van der Waals surface area contributed by atoms with Gasteiger partial charge in [-0.2, -0.15) is 5.26 Å². The number of nitriles is 1. The van der Waals surface area contributed by atoms with Gasteiger partial charge in [-0.05, 0) is 46.2 Å². The lowest BCUT2D eigenvalue weighted by molar-refractivity contribution is 0.0595. The molecule has 0 aliphatic rings. The smallest absolute Gasteiger partial charge is 0.0785 e. The van der Waals surface area contributed by atoms with E-state index in [0.717, 1.165) is 38.8 Å². The van der Waals surface area contributed by atoms with E-state index in [-0.39, 0.29) is 11.5 Å². The molecule has 2 N–H and O–H groups in total. The Labute approximate surface area is 105 Å². The Kier molecular flexibility index (Phi) is 9.06. The van der Waals surface area contributed by atoms with Gasteiger partial charge in [0.05, 0.1) is 24.2 Å². The first-order valence-corrected chi connectivity index (χ1v) is 6.31. The second-order valence-electron chi connectivity index (χ2n) is 5.10. The molecule has 0 aromatic heterocycles. The van der Waals surface area contributed by atoms with Crippen LogP contribution in [0, 0.1) is 16.7 Å². The molecule has 0 saturated heterocycles. The Balaban J connectivity index is 3.28. The van der Waals surface area contributed by atoms with Crippen LogP contribution in [0.5, 0.6) is 0 Å². The Hall–Kier alpha value is -0.630. The SMILES string of the molecule is COCC(O)CCNCCCCC(C)(C)C#N. The lowest BCUT2D eigenvalue weighted by atomic mass is 9.89. The highest BCUT2D eigenvalue weighted by Gasteiger charge is 2.15. The molecule has 0 bridgehead atoms. The molecule has 4 heteroatoms. The number of unbranched alkanes of at least 4 members (excludes halogenated alkanes) is 1. The maximum Gasteiger partial charge on any atom is 0.0785 e. The molecule has 0 heterocycles. The number of ether oxygens (including phenoxy) is 1. The zero-order valence-corrected chi connectivity index (χ0v) is 11.3. The summed E-state index contributed by atoms with van der Waals surface area (Å²) < 4.78 is 4.84. The van der Waals surface area contributed by atoms with Gasteiger partial charge in [0.2, 0.25) is 0 Å². The van der Waals surface area contributed by atoms with Crippen molar-refractivity contribution in [1.82, 2.24) is 5.32 Å². The Morgan fingerprint density at radius 3 is 2.65 bits per heavy atom. The van der Waals surface area contributed by atoms with E-state index in [9.17, 15) is 5.11 Å². The van der Waals surface area contributed by atoms with Crippen molar-refractivity contribution in [3.63, 3.8) is 0 Å². The first kappa shape index (κ1) is 16.4. The average Bonchev–Trinajstić information content (AvgIpc) is 2.28. The van der Waals surface area contributed by atoms with E-state index in [4.69, 9.17) is 10.00 Å². The molecule has 0 amide bonds. The molecule has 100 valence electrons. The summed E-state index contributed by atoms with van der Waals surface area (Å²) in [6.45, 7) is 6.11. The summed E-state index contributed by atoms with van der Waals surface area (Å²) in [5, 5.41) is 21.5. The summed E-state index contributed by atoms with van der Waals surface area (Å²) in [4.78, 5) is 0. The summed E-state index contributed by atoms with van der Waals surface area (Å²) in [7, 11) is 1.59. The predicted octanol–water partition coefficient (Wildman–Crippen LogP) is 1.69. The van der Waals surface area contributed by atoms with Crippen molar-refractivity contribution in [1.29, 1.82) is 5.26 Å². The number of nitrogens with one attached hydrogen (secondary N) is 1. The highest BCUT2D eigenvalue weighted by molar-refractivity contribution is 4.91. The van der Waals surface area contributed by atoms with Crippen LogP contribution in [-0.2, 0) is 4.74 Å². The molecule has 17 heavy (non-hydrogen) atoms. The number of nitrogens with zero attached hydrogens (tertiary/aromatic N) is 1. The zero-order chi connectivity index (χ0) is 13.1. The van der Waals surface area contributed by atoms with E-state index < -0.39 is 0 Å². The fourth-order valence-corrected chi connectivity index (χ4v) is 1.54. The Morgan fingerprint density at radius 2 is 2.06 bits per heavy atom. The van der Waals surface area contributed by atoms with Gasteiger partial charge in [-0.25, -0.2) is 0 Å². The topological polar surface area (TPSA) is 65.3 Å². The molecular formula is C13H26N2O2. The minimum absolute atomic E-state index is 0.200. The Morgan fingerprint density at radius 1 is 1.35 bits per heavy atom. The zero-order valence-electron chi connectivity index (χ0n) is 11.3. The van der Waals surface area contributed by atoms with Gasteiger partial charge in [0.15, 0.2) is 0 Å². The van der Waals surface area contributed by atoms with Gasteiger partial charge < -0.3 is 15.2 Å². The quantitative estimate of drug-likeness (QED) is 0.572. The van der Waals surface area contributed by atoms with Gasteiger partial charge in [-0.1, -0.05) is 6.42 Å². The van der Waals surface area contributed by atoms with Crippen molar-refractivity contribution in [3.05, 3.63) is 0 Å². The van der Waals surface area contributed by atoms with Crippen molar-refractivity contribution < 1.29 is 9.84 Å². The lowest BCUT2D eigenvalue weighted by Crippen LogP contribution is -2.24. The molecule has 1 atom stereocenters. The van der Waals surface area contributed by atoms with Crippen LogP contribution in [0.1, 0.15) is 39.5 Å². The third-order valence-electron chi connectivity index (χ3n) is 2.72. The van der Waals surface area contributed by atoms with Crippen molar-refractivity contribution in [2.75, 3.05) is 26.8 Å². The molecule has 0 aromatic carbocycles. The molecule has 1 unspecified atom stereocenters. The second kappa shape index (κ2) is 9.41. The third-order valence-corrected chi connectivity index (χ3v) is 2.72. The maximum absolute atomic E-state index is 9.39. The molecule has 4 nitrogen and oxygen atoms in total. The molecule has 0 aliphatic carbocycles. The van der Waals surface area contributed by atoms with Crippen molar-refractivity contribution in [3.8, 4) is 6.07 Å². The number of hydrogen-bond acceptors (Lipinski definition) is 4. The van der Waals surface area contributed by atoms with Crippen LogP contribution in [-0.4, -0.2) is 38.0 Å². The van der Waals surface area contributed by atoms with Crippen LogP contribution < -0.4 is 5.32 Å². The molecule has 0 aliphatic heterocycles. The van der Waals surface area contributed by atoms with Crippen LogP contribution in [0.3, 0.4) is 0 Å². The molecule has 0 saturated carbocycles. The number of rotatable bonds is 10. The van der Waals surface area contributed by atoms with Crippen LogP contribution in [0.15, 0.2) is 0 Å². The van der Waals surface area contributed by atoms with Crippen LogP contribution in [0.25, 0.3) is 0 Å². The van der Waals surface area contributed by atoms with E-state index >= 15 is 0 Å². The van der Waals surface area contributed by atoms with Gasteiger partial charge in [-0.3, -0.25) is 0 Å². The average molecular weight is 242 g/mol. The summed E-state index contributed by atoms with van der Waals surface area (Å²) in [6.07, 6.45) is 3.43. The van der Waals surface area contributed by atoms with E-state index in [1.165, 1.54) is 0 Å². The lowest BCUT2D eigenvalue weighted by Gasteiger charge is -2.14. The van der Waals surface area contributed by atoms with Crippen LogP contribution in [0.2, 0.25) is 0 Å². The van der Waals surface area contributed by atoms with Gasteiger partial charge >= 0.3 is 0 Å². The second-order valence-corrected chi connectivity index (χ2v) is 5.10. The van der Waals surface area contributed by atoms with Gasteiger partial charge in [0.1, 0.15) is 0 Å². The minimum Gasteiger partial charge on any atom is -0.391 e. The van der Waals surface area contributed by atoms with Crippen LogP contribution in [0.4, 0.5) is 0 Å². The standard InChI is InChI=1S/C13H26N2O2/c1-13(2,11-14)7-4-5-8-15-9-6-12(16)10-17-3/h12,15-16H,4-10H2,1-3H3. The maximum atomic E-state index is 9.39. The summed E-state index contributed by atoms with van der Waals surface area (Å²) in [5.74, 6) is 0. The van der Waals surface area contributed by atoms with Crippen molar-refractivity contribution in [2.45, 2.75) is 45.6 Å². The molecule has 0 aromatic rings. The van der Waals surface area contributed by atoms with E-state index in [1.54, 1.807) is 7.11 Å². The molecular weight excluding hydrogens is 216 g/mol. The number of aliphatic hydroxyl groups is 1. The highest BCUT2D eigenvalue weighted by atomic mass is 16.5. The molecule has 0 spiro atoms. The molecule has 0 radical (unpaired) electrons. The van der Waals surface area contributed by atoms with Gasteiger partial charge in [0, 0.05) is 7.11 Å². The van der Waals surface area contributed by atoms with Crippen LogP contribution >= 0.6 is 0 Å². The summed E-state index contributed by atoms with van der Waals surface area (Å²) in [5.41, 5.74) is -0.200. The number of methoxy groups -OCH3 is 1. The normalized spacial score (nSPS) is 13.4. The van der Waals surface area contributed by atoms with Gasteiger partial charge in [-0.15, -0.1) is 0 Å². The first-order valence-electron chi connectivity index (χ1n) is 6.31. The van der Waals surface area contributed by atoms with Crippen molar-refractivity contribution in [2.24, 2.45) is 5.41 Å². The fourth-order valence-electron chi connectivity index (χ4n) is 1.54. The summed E-state index contributed by atoms with van der Waals surface area (Å²) in [6, 6.07) is 2.30.